The van der Waals surface area contributed by atoms with Crippen LogP contribution in [0.1, 0.15) is 95.8 Å². The summed E-state index contributed by atoms with van der Waals surface area (Å²) in [7, 11) is 0. The molecule has 1 aromatic carbocycles. The van der Waals surface area contributed by atoms with Crippen molar-refractivity contribution in [2.75, 3.05) is 32.7 Å². The third-order valence-corrected chi connectivity index (χ3v) is 6.76. The summed E-state index contributed by atoms with van der Waals surface area (Å²) in [4.78, 5) is 2.55. The monoisotopic (exact) mass is 456 g/mol. The molecular weight excluding hydrogens is 409 g/mol. The molecule has 0 bridgehead atoms. The lowest BCUT2D eigenvalue weighted by Gasteiger charge is -2.27. The summed E-state index contributed by atoms with van der Waals surface area (Å²) in [5.41, 5.74) is 1.27. The van der Waals surface area contributed by atoms with E-state index in [-0.39, 0.29) is 5.92 Å². The zero-order valence-corrected chi connectivity index (χ0v) is 21.3. The molecule has 0 fully saturated rings. The summed E-state index contributed by atoms with van der Waals surface area (Å²) in [5.74, 6) is 1.10. The smallest absolute Gasteiger partial charge is 0.316 e. The van der Waals surface area contributed by atoms with Gasteiger partial charge in [-0.2, -0.15) is 13.2 Å². The maximum Gasteiger partial charge on any atom is 0.416 e. The quantitative estimate of drug-likeness (QED) is 0.257. The molecule has 0 saturated carbocycles. The zero-order valence-electron chi connectivity index (χ0n) is 21.3. The molecule has 186 valence electrons. The number of hydrogen-bond acceptors (Lipinski definition) is 2. The van der Waals surface area contributed by atoms with E-state index in [9.17, 15) is 13.2 Å². The van der Waals surface area contributed by atoms with Crippen LogP contribution in [0.5, 0.6) is 0 Å². The molecule has 5 heteroatoms. The predicted molar refractivity (Wildman–Crippen MR) is 131 cm³/mol. The SMILES string of the molecule is CCCN(CCC)CCCNCC(C)CCC(CC)C(C)c1cc(C(F)(F)F)ccc1C. The van der Waals surface area contributed by atoms with Gasteiger partial charge in [0.2, 0.25) is 0 Å². The van der Waals surface area contributed by atoms with Gasteiger partial charge < -0.3 is 10.2 Å². The van der Waals surface area contributed by atoms with Crippen LogP contribution in [-0.2, 0) is 6.18 Å². The summed E-state index contributed by atoms with van der Waals surface area (Å²) >= 11 is 0. The van der Waals surface area contributed by atoms with E-state index in [4.69, 9.17) is 0 Å². The topological polar surface area (TPSA) is 15.3 Å². The van der Waals surface area contributed by atoms with E-state index in [0.717, 1.165) is 50.0 Å². The first-order valence-corrected chi connectivity index (χ1v) is 12.7. The molecule has 0 aromatic heterocycles. The molecule has 1 N–H and O–H groups in total. The van der Waals surface area contributed by atoms with Crippen molar-refractivity contribution in [2.24, 2.45) is 11.8 Å². The molecule has 2 nitrogen and oxygen atoms in total. The van der Waals surface area contributed by atoms with Crippen LogP contribution >= 0.6 is 0 Å². The van der Waals surface area contributed by atoms with Crippen LogP contribution in [0, 0.1) is 18.8 Å². The van der Waals surface area contributed by atoms with E-state index in [1.165, 1.54) is 44.5 Å². The minimum absolute atomic E-state index is 0.130. The van der Waals surface area contributed by atoms with Crippen molar-refractivity contribution in [1.82, 2.24) is 10.2 Å². The minimum Gasteiger partial charge on any atom is -0.316 e. The Morgan fingerprint density at radius 3 is 2.19 bits per heavy atom. The lowest BCUT2D eigenvalue weighted by atomic mass is 9.79. The number of nitrogens with one attached hydrogen (secondary N) is 1. The van der Waals surface area contributed by atoms with Gasteiger partial charge in [-0.05, 0) is 113 Å². The first kappa shape index (κ1) is 29.0. The number of halogens is 3. The average Bonchev–Trinajstić information content (AvgIpc) is 2.73. The van der Waals surface area contributed by atoms with E-state index in [1.54, 1.807) is 6.07 Å². The number of hydrogen-bond donors (Lipinski definition) is 1. The average molecular weight is 457 g/mol. The number of nitrogens with zero attached hydrogens (tertiary/aromatic N) is 1. The number of rotatable bonds is 16. The van der Waals surface area contributed by atoms with Gasteiger partial charge in [-0.25, -0.2) is 0 Å². The molecular formula is C27H47F3N2. The molecule has 0 amide bonds. The lowest BCUT2D eigenvalue weighted by molar-refractivity contribution is -0.137. The third kappa shape index (κ3) is 10.2. The van der Waals surface area contributed by atoms with Crippen LogP contribution in [0.3, 0.4) is 0 Å². The summed E-state index contributed by atoms with van der Waals surface area (Å²) in [5, 5.41) is 3.61. The fourth-order valence-electron chi connectivity index (χ4n) is 4.71. The molecule has 0 saturated heterocycles. The maximum atomic E-state index is 13.2. The Balaban J connectivity index is 2.47. The van der Waals surface area contributed by atoms with Gasteiger partial charge >= 0.3 is 6.18 Å². The normalized spacial score (nSPS) is 15.2. The fourth-order valence-corrected chi connectivity index (χ4v) is 4.71. The van der Waals surface area contributed by atoms with Crippen LogP contribution in [0.15, 0.2) is 18.2 Å². The first-order chi connectivity index (χ1) is 15.1. The van der Waals surface area contributed by atoms with Crippen molar-refractivity contribution in [2.45, 2.75) is 92.2 Å². The second-order valence-electron chi connectivity index (χ2n) is 9.61. The van der Waals surface area contributed by atoms with Crippen molar-refractivity contribution in [3.05, 3.63) is 34.9 Å². The van der Waals surface area contributed by atoms with Gasteiger partial charge in [-0.3, -0.25) is 0 Å². The molecule has 3 unspecified atom stereocenters. The van der Waals surface area contributed by atoms with Crippen molar-refractivity contribution < 1.29 is 13.2 Å². The van der Waals surface area contributed by atoms with Gasteiger partial charge in [0.1, 0.15) is 0 Å². The number of benzene rings is 1. The molecule has 0 radical (unpaired) electrons. The highest BCUT2D eigenvalue weighted by molar-refractivity contribution is 5.35. The third-order valence-electron chi connectivity index (χ3n) is 6.76. The van der Waals surface area contributed by atoms with Crippen molar-refractivity contribution in [1.29, 1.82) is 0 Å². The largest absolute Gasteiger partial charge is 0.416 e. The highest BCUT2D eigenvalue weighted by Crippen LogP contribution is 2.37. The van der Waals surface area contributed by atoms with E-state index >= 15 is 0 Å². The maximum absolute atomic E-state index is 13.2. The minimum atomic E-state index is -4.28. The fraction of sp³-hybridized carbons (Fsp3) is 0.778. The van der Waals surface area contributed by atoms with Gasteiger partial charge in [-0.1, -0.05) is 47.1 Å². The molecule has 0 heterocycles. The Labute approximate surface area is 195 Å². The molecule has 0 spiro atoms. The van der Waals surface area contributed by atoms with Crippen LogP contribution in [0.25, 0.3) is 0 Å². The summed E-state index contributed by atoms with van der Waals surface area (Å²) < 4.78 is 39.6. The summed E-state index contributed by atoms with van der Waals surface area (Å²) in [6.45, 7) is 18.5. The first-order valence-electron chi connectivity index (χ1n) is 12.7. The van der Waals surface area contributed by atoms with E-state index in [1.807, 2.05) is 6.92 Å². The van der Waals surface area contributed by atoms with E-state index < -0.39 is 11.7 Å². The highest BCUT2D eigenvalue weighted by atomic mass is 19.4. The highest BCUT2D eigenvalue weighted by Gasteiger charge is 2.31. The molecule has 3 atom stereocenters. The zero-order chi connectivity index (χ0) is 24.1. The molecule has 32 heavy (non-hydrogen) atoms. The van der Waals surface area contributed by atoms with Gasteiger partial charge in [0.15, 0.2) is 0 Å². The Hall–Kier alpha value is -1.07. The van der Waals surface area contributed by atoms with E-state index in [2.05, 4.69) is 44.8 Å². The van der Waals surface area contributed by atoms with Gasteiger partial charge in [-0.15, -0.1) is 0 Å². The van der Waals surface area contributed by atoms with Crippen LogP contribution in [0.2, 0.25) is 0 Å². The predicted octanol–water partition coefficient (Wildman–Crippen LogP) is 7.66. The molecule has 1 rings (SSSR count). The van der Waals surface area contributed by atoms with Gasteiger partial charge in [0.05, 0.1) is 5.56 Å². The second kappa shape index (κ2) is 15.0. The van der Waals surface area contributed by atoms with Crippen LogP contribution < -0.4 is 5.32 Å². The summed E-state index contributed by atoms with van der Waals surface area (Å²) in [6.07, 6.45) is 2.46. The lowest BCUT2D eigenvalue weighted by Crippen LogP contribution is -2.30. The number of alkyl halides is 3. The van der Waals surface area contributed by atoms with Gasteiger partial charge in [0, 0.05) is 0 Å². The Morgan fingerprint density at radius 1 is 0.969 bits per heavy atom. The van der Waals surface area contributed by atoms with Crippen molar-refractivity contribution in [3.63, 3.8) is 0 Å². The molecule has 0 aliphatic carbocycles. The van der Waals surface area contributed by atoms with Crippen LogP contribution in [-0.4, -0.2) is 37.6 Å². The van der Waals surface area contributed by atoms with Crippen molar-refractivity contribution in [3.8, 4) is 0 Å². The Morgan fingerprint density at radius 2 is 1.62 bits per heavy atom. The second-order valence-corrected chi connectivity index (χ2v) is 9.61. The van der Waals surface area contributed by atoms with Crippen LogP contribution in [0.4, 0.5) is 13.2 Å². The van der Waals surface area contributed by atoms with E-state index in [0.29, 0.717) is 11.8 Å². The Bertz CT molecular complexity index is 624. The molecule has 1 aromatic rings. The number of aryl methyl sites for hydroxylation is 1. The Kier molecular flexibility index (Phi) is 13.5. The standard InChI is InChI=1S/C27H47F3N2/c1-7-16-32(17-8-2)18-10-15-31-20-21(4)11-13-24(9-3)23(6)26-19-25(27(28,29)30)14-12-22(26)5/h12,14,19,21,23-24,31H,7-11,13,15-18,20H2,1-6H3. The van der Waals surface area contributed by atoms with Crippen molar-refractivity contribution >= 4 is 0 Å². The summed E-state index contributed by atoms with van der Waals surface area (Å²) in [6, 6.07) is 4.19. The molecule has 0 aliphatic heterocycles. The van der Waals surface area contributed by atoms with Gasteiger partial charge in [0.25, 0.3) is 0 Å². The molecule has 0 aliphatic rings.